The van der Waals surface area contributed by atoms with Crippen molar-refractivity contribution in [2.45, 2.75) is 27.2 Å². The number of fused-ring (bicyclic) bond motifs is 1. The van der Waals surface area contributed by atoms with Crippen LogP contribution in [-0.4, -0.2) is 4.98 Å². The second kappa shape index (κ2) is 3.41. The van der Waals surface area contributed by atoms with Crippen molar-refractivity contribution in [1.82, 2.24) is 4.98 Å². The number of pyridine rings is 1. The minimum Gasteiger partial charge on any atom is -0.253 e. The maximum absolute atomic E-state index is 4.63. The van der Waals surface area contributed by atoms with Gasteiger partial charge in [-0.05, 0) is 38.0 Å². The minimum atomic E-state index is 1.00. The topological polar surface area (TPSA) is 12.9 Å². The Hall–Kier alpha value is -1.37. The normalized spacial score (nSPS) is 10.8. The SMILES string of the molecule is CCc1ccc2cc(C)cc(C)c2n1. The predicted octanol–water partition coefficient (Wildman–Crippen LogP) is 3.41. The molecule has 1 aromatic carbocycles. The molecule has 2 rings (SSSR count). The van der Waals surface area contributed by atoms with Crippen LogP contribution in [0.4, 0.5) is 0 Å². The van der Waals surface area contributed by atoms with E-state index in [1.807, 2.05) is 0 Å². The second-order valence-corrected chi connectivity index (χ2v) is 3.81. The quantitative estimate of drug-likeness (QED) is 0.663. The van der Waals surface area contributed by atoms with E-state index in [9.17, 15) is 0 Å². The van der Waals surface area contributed by atoms with Gasteiger partial charge in [0, 0.05) is 11.1 Å². The van der Waals surface area contributed by atoms with Crippen LogP contribution in [0.1, 0.15) is 23.7 Å². The lowest BCUT2D eigenvalue weighted by molar-refractivity contribution is 1.05. The van der Waals surface area contributed by atoms with Gasteiger partial charge in [0.05, 0.1) is 5.52 Å². The molecule has 1 nitrogen and oxygen atoms in total. The highest BCUT2D eigenvalue weighted by Gasteiger charge is 2.00. The van der Waals surface area contributed by atoms with Crippen molar-refractivity contribution in [3.63, 3.8) is 0 Å². The van der Waals surface area contributed by atoms with Crippen molar-refractivity contribution < 1.29 is 0 Å². The van der Waals surface area contributed by atoms with Crippen molar-refractivity contribution in [1.29, 1.82) is 0 Å². The summed E-state index contributed by atoms with van der Waals surface area (Å²) in [7, 11) is 0. The molecule has 0 N–H and O–H groups in total. The molecule has 0 amide bonds. The first kappa shape index (κ1) is 9.20. The Balaban J connectivity index is 2.75. The largest absolute Gasteiger partial charge is 0.253 e. The van der Waals surface area contributed by atoms with E-state index in [2.05, 4.69) is 50.0 Å². The number of nitrogens with zero attached hydrogens (tertiary/aromatic N) is 1. The molecule has 0 radical (unpaired) electrons. The highest BCUT2D eigenvalue weighted by Crippen LogP contribution is 2.19. The summed E-state index contributed by atoms with van der Waals surface area (Å²) in [5, 5.41) is 1.25. The van der Waals surface area contributed by atoms with Gasteiger partial charge < -0.3 is 0 Å². The molecule has 1 aromatic heterocycles. The van der Waals surface area contributed by atoms with E-state index in [1.54, 1.807) is 0 Å². The molecule has 0 saturated heterocycles. The van der Waals surface area contributed by atoms with Gasteiger partial charge in [-0.2, -0.15) is 0 Å². The van der Waals surface area contributed by atoms with Gasteiger partial charge in [0.25, 0.3) is 0 Å². The first-order valence-electron chi connectivity index (χ1n) is 5.07. The van der Waals surface area contributed by atoms with Crippen LogP contribution in [0.15, 0.2) is 24.3 Å². The zero-order valence-corrected chi connectivity index (χ0v) is 8.96. The van der Waals surface area contributed by atoms with E-state index in [0.717, 1.165) is 11.9 Å². The fraction of sp³-hybridized carbons (Fsp3) is 0.308. The van der Waals surface area contributed by atoms with Crippen molar-refractivity contribution in [3.05, 3.63) is 41.1 Å². The van der Waals surface area contributed by atoms with Gasteiger partial charge >= 0.3 is 0 Å². The van der Waals surface area contributed by atoms with E-state index in [1.165, 1.54) is 22.2 Å². The third-order valence-corrected chi connectivity index (χ3v) is 2.55. The van der Waals surface area contributed by atoms with Crippen LogP contribution < -0.4 is 0 Å². The summed E-state index contributed by atoms with van der Waals surface area (Å²) < 4.78 is 0. The first-order chi connectivity index (χ1) is 6.70. The van der Waals surface area contributed by atoms with E-state index in [4.69, 9.17) is 0 Å². The molecule has 0 aliphatic carbocycles. The van der Waals surface area contributed by atoms with Gasteiger partial charge in [-0.1, -0.05) is 24.6 Å². The van der Waals surface area contributed by atoms with Crippen LogP contribution in [0.5, 0.6) is 0 Å². The van der Waals surface area contributed by atoms with Crippen molar-refractivity contribution >= 4 is 10.9 Å². The van der Waals surface area contributed by atoms with Crippen LogP contribution >= 0.6 is 0 Å². The summed E-state index contributed by atoms with van der Waals surface area (Å²) in [6.45, 7) is 6.39. The van der Waals surface area contributed by atoms with Crippen LogP contribution in [0.2, 0.25) is 0 Å². The van der Waals surface area contributed by atoms with Crippen molar-refractivity contribution in [2.24, 2.45) is 0 Å². The Kier molecular flexibility index (Phi) is 2.24. The molecule has 14 heavy (non-hydrogen) atoms. The molecule has 1 heterocycles. The lowest BCUT2D eigenvalue weighted by atomic mass is 10.1. The maximum atomic E-state index is 4.63. The Morgan fingerprint density at radius 2 is 1.93 bits per heavy atom. The molecule has 0 aliphatic rings. The van der Waals surface area contributed by atoms with E-state index in [0.29, 0.717) is 0 Å². The fourth-order valence-corrected chi connectivity index (χ4v) is 1.84. The van der Waals surface area contributed by atoms with Crippen LogP contribution in [-0.2, 0) is 6.42 Å². The number of aromatic nitrogens is 1. The average Bonchev–Trinajstić information content (AvgIpc) is 2.17. The van der Waals surface area contributed by atoms with Gasteiger partial charge in [0.2, 0.25) is 0 Å². The highest BCUT2D eigenvalue weighted by atomic mass is 14.7. The number of rotatable bonds is 1. The van der Waals surface area contributed by atoms with Gasteiger partial charge in [-0.15, -0.1) is 0 Å². The lowest BCUT2D eigenvalue weighted by Crippen LogP contribution is -1.90. The Bertz CT molecular complexity index is 472. The summed E-state index contributed by atoms with van der Waals surface area (Å²) in [4.78, 5) is 4.63. The summed E-state index contributed by atoms with van der Waals surface area (Å²) in [6, 6.07) is 8.66. The van der Waals surface area contributed by atoms with Gasteiger partial charge in [0.15, 0.2) is 0 Å². The van der Waals surface area contributed by atoms with E-state index < -0.39 is 0 Å². The van der Waals surface area contributed by atoms with Crippen molar-refractivity contribution in [2.75, 3.05) is 0 Å². The fourth-order valence-electron chi connectivity index (χ4n) is 1.84. The predicted molar refractivity (Wildman–Crippen MR) is 60.6 cm³/mol. The molecule has 0 bridgehead atoms. The second-order valence-electron chi connectivity index (χ2n) is 3.81. The monoisotopic (exact) mass is 185 g/mol. The van der Waals surface area contributed by atoms with E-state index >= 15 is 0 Å². The smallest absolute Gasteiger partial charge is 0.0734 e. The minimum absolute atomic E-state index is 1.00. The van der Waals surface area contributed by atoms with Crippen LogP contribution in [0.25, 0.3) is 10.9 Å². The van der Waals surface area contributed by atoms with Crippen molar-refractivity contribution in [3.8, 4) is 0 Å². The first-order valence-corrected chi connectivity index (χ1v) is 5.07. The van der Waals surface area contributed by atoms with Gasteiger partial charge in [-0.3, -0.25) is 4.98 Å². The van der Waals surface area contributed by atoms with Gasteiger partial charge in [-0.25, -0.2) is 0 Å². The maximum Gasteiger partial charge on any atom is 0.0734 e. The summed E-state index contributed by atoms with van der Waals surface area (Å²) in [6.07, 6.45) is 1.00. The number of benzene rings is 1. The van der Waals surface area contributed by atoms with Gasteiger partial charge in [0.1, 0.15) is 0 Å². The molecular weight excluding hydrogens is 170 g/mol. The molecule has 2 aromatic rings. The zero-order valence-electron chi connectivity index (χ0n) is 8.96. The summed E-state index contributed by atoms with van der Waals surface area (Å²) in [5.74, 6) is 0. The molecule has 0 atom stereocenters. The molecule has 0 saturated carbocycles. The summed E-state index contributed by atoms with van der Waals surface area (Å²) in [5.41, 5.74) is 4.90. The lowest BCUT2D eigenvalue weighted by Gasteiger charge is -2.05. The average molecular weight is 185 g/mol. The molecule has 0 unspecified atom stereocenters. The third kappa shape index (κ3) is 1.50. The highest BCUT2D eigenvalue weighted by molar-refractivity contribution is 5.82. The third-order valence-electron chi connectivity index (χ3n) is 2.55. The number of hydrogen-bond acceptors (Lipinski definition) is 1. The van der Waals surface area contributed by atoms with Crippen LogP contribution in [0.3, 0.4) is 0 Å². The van der Waals surface area contributed by atoms with Crippen LogP contribution in [0, 0.1) is 13.8 Å². The Morgan fingerprint density at radius 3 is 2.64 bits per heavy atom. The number of hydrogen-bond donors (Lipinski definition) is 0. The molecule has 0 spiro atoms. The Morgan fingerprint density at radius 1 is 1.14 bits per heavy atom. The molecule has 1 heteroatoms. The molecule has 72 valence electrons. The standard InChI is InChI=1S/C13H15N/c1-4-12-6-5-11-8-9(2)7-10(3)13(11)14-12/h5-8H,4H2,1-3H3. The molecule has 0 fully saturated rings. The summed E-state index contributed by atoms with van der Waals surface area (Å²) >= 11 is 0. The Labute approximate surface area is 84.8 Å². The zero-order chi connectivity index (χ0) is 10.1. The molecular formula is C13H15N. The molecule has 0 aliphatic heterocycles. The van der Waals surface area contributed by atoms with E-state index in [-0.39, 0.29) is 0 Å². The number of aryl methyl sites for hydroxylation is 3.